The van der Waals surface area contributed by atoms with E-state index in [-0.39, 0.29) is 11.9 Å². The van der Waals surface area contributed by atoms with Crippen LogP contribution in [0, 0.1) is 13.8 Å². The van der Waals surface area contributed by atoms with E-state index in [9.17, 15) is 4.79 Å². The van der Waals surface area contributed by atoms with E-state index in [2.05, 4.69) is 15.2 Å². The number of fused-ring (bicyclic) bond motifs is 1. The molecule has 7 nitrogen and oxygen atoms in total. The molecule has 0 radical (unpaired) electrons. The third-order valence-corrected chi connectivity index (χ3v) is 4.79. The highest BCUT2D eigenvalue weighted by molar-refractivity contribution is 5.99. The Bertz CT molecular complexity index is 911. The van der Waals surface area contributed by atoms with Crippen molar-refractivity contribution < 1.29 is 4.79 Å². The summed E-state index contributed by atoms with van der Waals surface area (Å²) < 4.78 is 3.60. The van der Waals surface area contributed by atoms with Gasteiger partial charge in [-0.05, 0) is 44.7 Å². The van der Waals surface area contributed by atoms with Crippen LogP contribution < -0.4 is 0 Å². The van der Waals surface area contributed by atoms with E-state index in [4.69, 9.17) is 0 Å². The first-order valence-electron chi connectivity index (χ1n) is 8.73. The van der Waals surface area contributed by atoms with Gasteiger partial charge >= 0.3 is 0 Å². The highest BCUT2D eigenvalue weighted by Crippen LogP contribution is 2.22. The quantitative estimate of drug-likeness (QED) is 0.734. The summed E-state index contributed by atoms with van der Waals surface area (Å²) in [7, 11) is 0. The second-order valence-corrected chi connectivity index (χ2v) is 6.78. The molecule has 130 valence electrons. The molecule has 1 saturated heterocycles. The lowest BCUT2D eigenvalue weighted by molar-refractivity contribution is 0.0585. The number of rotatable bonds is 3. The summed E-state index contributed by atoms with van der Waals surface area (Å²) in [6.07, 6.45) is 10.5. The molecule has 0 aromatic carbocycles. The topological polar surface area (TPSA) is 68.3 Å². The Balaban J connectivity index is 1.62. The lowest BCUT2D eigenvalue weighted by Crippen LogP contribution is -2.46. The lowest BCUT2D eigenvalue weighted by atomic mass is 10.0. The average Bonchev–Trinajstić information content (AvgIpc) is 3.20. The zero-order chi connectivity index (χ0) is 17.4. The molecule has 0 N–H and O–H groups in total. The summed E-state index contributed by atoms with van der Waals surface area (Å²) >= 11 is 0. The van der Waals surface area contributed by atoms with Crippen molar-refractivity contribution in [1.82, 2.24) is 29.3 Å². The maximum atomic E-state index is 13.2. The van der Waals surface area contributed by atoms with Gasteiger partial charge in [0.25, 0.3) is 5.91 Å². The SMILES string of the molecule is Cc1cnn(C[C@H]2CCCCN2C(=O)c2cnn3ccc(C)nc23)c1. The van der Waals surface area contributed by atoms with Crippen molar-refractivity contribution in [1.29, 1.82) is 0 Å². The molecule has 3 aromatic heterocycles. The Hall–Kier alpha value is -2.70. The van der Waals surface area contributed by atoms with Crippen LogP contribution in [0.4, 0.5) is 0 Å². The number of aromatic nitrogens is 5. The van der Waals surface area contributed by atoms with E-state index in [0.29, 0.717) is 11.2 Å². The summed E-state index contributed by atoms with van der Waals surface area (Å²) in [6, 6.07) is 2.04. The molecular weight excluding hydrogens is 316 g/mol. The minimum atomic E-state index is 0.0154. The smallest absolute Gasteiger partial charge is 0.259 e. The molecule has 1 aliphatic heterocycles. The van der Waals surface area contributed by atoms with Crippen LogP contribution in [-0.2, 0) is 6.54 Å². The summed E-state index contributed by atoms with van der Waals surface area (Å²) in [5.74, 6) is 0.0154. The van der Waals surface area contributed by atoms with Crippen LogP contribution in [-0.4, -0.2) is 47.8 Å². The third-order valence-electron chi connectivity index (χ3n) is 4.79. The van der Waals surface area contributed by atoms with Crippen molar-refractivity contribution >= 4 is 11.6 Å². The predicted octanol–water partition coefficient (Wildman–Crippen LogP) is 2.24. The van der Waals surface area contributed by atoms with Crippen LogP contribution in [0.1, 0.15) is 40.9 Å². The van der Waals surface area contributed by atoms with Crippen LogP contribution in [0.15, 0.2) is 30.9 Å². The molecule has 1 atom stereocenters. The summed E-state index contributed by atoms with van der Waals surface area (Å²) in [5, 5.41) is 8.65. The Morgan fingerprint density at radius 1 is 1.24 bits per heavy atom. The number of carbonyl (C=O) groups excluding carboxylic acids is 1. The fraction of sp³-hybridized carbons (Fsp3) is 0.444. The summed E-state index contributed by atoms with van der Waals surface area (Å²) in [4.78, 5) is 19.7. The molecule has 1 amide bonds. The van der Waals surface area contributed by atoms with Gasteiger partial charge in [-0.2, -0.15) is 10.2 Å². The molecular formula is C18H22N6O. The number of likely N-dealkylation sites (tertiary alicyclic amines) is 1. The molecule has 4 rings (SSSR count). The van der Waals surface area contributed by atoms with E-state index in [0.717, 1.165) is 43.6 Å². The molecule has 0 saturated carbocycles. The van der Waals surface area contributed by atoms with Crippen LogP contribution in [0.2, 0.25) is 0 Å². The normalized spacial score (nSPS) is 18.0. The molecule has 0 bridgehead atoms. The van der Waals surface area contributed by atoms with Gasteiger partial charge in [-0.1, -0.05) is 0 Å². The maximum absolute atomic E-state index is 13.2. The zero-order valence-corrected chi connectivity index (χ0v) is 14.6. The second kappa shape index (κ2) is 6.31. The van der Waals surface area contributed by atoms with Gasteiger partial charge in [0.2, 0.25) is 0 Å². The van der Waals surface area contributed by atoms with Gasteiger partial charge in [-0.15, -0.1) is 0 Å². The van der Waals surface area contributed by atoms with Crippen molar-refractivity contribution in [2.45, 2.75) is 45.7 Å². The van der Waals surface area contributed by atoms with Crippen LogP contribution in [0.5, 0.6) is 0 Å². The minimum Gasteiger partial charge on any atom is -0.334 e. The molecule has 0 aliphatic carbocycles. The van der Waals surface area contributed by atoms with Gasteiger partial charge in [0.15, 0.2) is 5.65 Å². The highest BCUT2D eigenvalue weighted by atomic mass is 16.2. The third kappa shape index (κ3) is 3.01. The first-order valence-corrected chi connectivity index (χ1v) is 8.73. The number of piperidine rings is 1. The Labute approximate surface area is 146 Å². The number of carbonyl (C=O) groups is 1. The van der Waals surface area contributed by atoms with Gasteiger partial charge < -0.3 is 4.90 Å². The summed E-state index contributed by atoms with van der Waals surface area (Å²) in [6.45, 7) is 5.45. The Kier molecular flexibility index (Phi) is 3.99. The monoisotopic (exact) mass is 338 g/mol. The van der Waals surface area contributed by atoms with Crippen molar-refractivity contribution in [3.8, 4) is 0 Å². The largest absolute Gasteiger partial charge is 0.334 e. The molecule has 1 fully saturated rings. The minimum absolute atomic E-state index is 0.0154. The van der Waals surface area contributed by atoms with Gasteiger partial charge in [-0.25, -0.2) is 9.50 Å². The maximum Gasteiger partial charge on any atom is 0.259 e. The molecule has 1 aliphatic rings. The van der Waals surface area contributed by atoms with Crippen molar-refractivity contribution in [2.75, 3.05) is 6.54 Å². The number of hydrogen-bond acceptors (Lipinski definition) is 4. The van der Waals surface area contributed by atoms with Crippen molar-refractivity contribution in [3.05, 3.63) is 47.7 Å². The number of aryl methyl sites for hydroxylation is 2. The average molecular weight is 338 g/mol. The van der Waals surface area contributed by atoms with Gasteiger partial charge in [0.1, 0.15) is 5.56 Å². The molecule has 7 heteroatoms. The molecule has 3 aromatic rings. The number of amides is 1. The van der Waals surface area contributed by atoms with Gasteiger partial charge in [0, 0.05) is 24.6 Å². The molecule has 0 unspecified atom stereocenters. The lowest BCUT2D eigenvalue weighted by Gasteiger charge is -2.35. The fourth-order valence-electron chi connectivity index (χ4n) is 3.51. The Morgan fingerprint density at radius 2 is 2.12 bits per heavy atom. The first kappa shape index (κ1) is 15.8. The number of hydrogen-bond donors (Lipinski definition) is 0. The molecule has 0 spiro atoms. The van der Waals surface area contributed by atoms with Crippen LogP contribution >= 0.6 is 0 Å². The van der Waals surface area contributed by atoms with Crippen LogP contribution in [0.25, 0.3) is 5.65 Å². The van der Waals surface area contributed by atoms with E-state index in [1.165, 1.54) is 0 Å². The van der Waals surface area contributed by atoms with Crippen molar-refractivity contribution in [2.24, 2.45) is 0 Å². The fourth-order valence-corrected chi connectivity index (χ4v) is 3.51. The number of nitrogens with zero attached hydrogens (tertiary/aromatic N) is 6. The van der Waals surface area contributed by atoms with Gasteiger partial charge in [-0.3, -0.25) is 9.48 Å². The zero-order valence-electron chi connectivity index (χ0n) is 14.6. The Morgan fingerprint density at radius 3 is 2.92 bits per heavy atom. The molecule has 4 heterocycles. The van der Waals surface area contributed by atoms with Gasteiger partial charge in [0.05, 0.1) is 25.0 Å². The summed E-state index contributed by atoms with van der Waals surface area (Å²) in [5.41, 5.74) is 3.22. The van der Waals surface area contributed by atoms with Crippen molar-refractivity contribution in [3.63, 3.8) is 0 Å². The van der Waals surface area contributed by atoms with E-state index >= 15 is 0 Å². The highest BCUT2D eigenvalue weighted by Gasteiger charge is 2.30. The standard InChI is InChI=1S/C18H22N6O/c1-13-9-19-22(11-13)12-15-5-3-4-7-23(15)18(25)16-10-20-24-8-6-14(2)21-17(16)24/h6,8-11,15H,3-5,7,12H2,1-2H3/t15-/m1/s1. The molecule has 25 heavy (non-hydrogen) atoms. The predicted molar refractivity (Wildman–Crippen MR) is 93.4 cm³/mol. The van der Waals surface area contributed by atoms with E-state index in [1.807, 2.05) is 48.1 Å². The second-order valence-electron chi connectivity index (χ2n) is 6.78. The van der Waals surface area contributed by atoms with E-state index < -0.39 is 0 Å². The first-order chi connectivity index (χ1) is 12.1. The van der Waals surface area contributed by atoms with Crippen LogP contribution in [0.3, 0.4) is 0 Å². The van der Waals surface area contributed by atoms with E-state index in [1.54, 1.807) is 10.7 Å².